The van der Waals surface area contributed by atoms with E-state index in [1.54, 1.807) is 33.4 Å². The molecule has 1 heteroatoms. The average Bonchev–Trinajstić information content (AvgIpc) is 3.48. The van der Waals surface area contributed by atoms with Gasteiger partial charge in [-0.2, -0.15) is 0 Å². The van der Waals surface area contributed by atoms with Crippen molar-refractivity contribution >= 4 is 11.8 Å². The van der Waals surface area contributed by atoms with Crippen LogP contribution in [0.2, 0.25) is 0 Å². The highest BCUT2D eigenvalue weighted by atomic mass is 32.2. The molecule has 0 N–H and O–H groups in total. The predicted molar refractivity (Wildman–Crippen MR) is 128 cm³/mol. The van der Waals surface area contributed by atoms with Crippen molar-refractivity contribution in [2.45, 2.75) is 67.3 Å². The van der Waals surface area contributed by atoms with Crippen LogP contribution < -0.4 is 0 Å². The lowest BCUT2D eigenvalue weighted by molar-refractivity contribution is 0.499. The summed E-state index contributed by atoms with van der Waals surface area (Å²) in [6, 6.07) is 28.2. The van der Waals surface area contributed by atoms with Crippen LogP contribution in [0.3, 0.4) is 0 Å². The maximum absolute atomic E-state index is 2.46. The molecule has 0 aromatic heterocycles. The van der Waals surface area contributed by atoms with Crippen molar-refractivity contribution in [3.63, 3.8) is 0 Å². The summed E-state index contributed by atoms with van der Waals surface area (Å²) in [7, 11) is 0. The van der Waals surface area contributed by atoms with E-state index in [0.29, 0.717) is 11.8 Å². The van der Waals surface area contributed by atoms with Crippen LogP contribution >= 0.6 is 11.8 Å². The number of thioether (sulfide) groups is 1. The molecule has 1 fully saturated rings. The zero-order valence-corrected chi connectivity index (χ0v) is 18.8. The Morgan fingerprint density at radius 2 is 1.27 bits per heavy atom. The van der Waals surface area contributed by atoms with Gasteiger partial charge in [-0.1, -0.05) is 86.6 Å². The van der Waals surface area contributed by atoms with Gasteiger partial charge < -0.3 is 0 Å². The van der Waals surface area contributed by atoms with Crippen LogP contribution in [0, 0.1) is 0 Å². The van der Waals surface area contributed by atoms with Crippen molar-refractivity contribution in [1.82, 2.24) is 0 Å². The third-order valence-corrected chi connectivity index (χ3v) is 10.1. The molecule has 0 saturated carbocycles. The maximum Gasteiger partial charge on any atom is 0.0860 e. The Kier molecular flexibility index (Phi) is 4.22. The van der Waals surface area contributed by atoms with Gasteiger partial charge in [0.2, 0.25) is 0 Å². The number of aryl methyl sites for hydroxylation is 1. The molecule has 0 bridgehead atoms. The summed E-state index contributed by atoms with van der Waals surface area (Å²) in [5.74, 6) is 1.20. The number of fused-ring (bicyclic) bond motifs is 7. The molecular weight excluding hydrogens is 380 g/mol. The zero-order chi connectivity index (χ0) is 20.3. The van der Waals surface area contributed by atoms with Crippen molar-refractivity contribution < 1.29 is 0 Å². The minimum atomic E-state index is 0.0635. The molecule has 1 aliphatic heterocycles. The van der Waals surface area contributed by atoms with Gasteiger partial charge in [0.25, 0.3) is 0 Å². The third-order valence-electron chi connectivity index (χ3n) is 8.13. The summed E-state index contributed by atoms with van der Waals surface area (Å²) >= 11 is 2.25. The van der Waals surface area contributed by atoms with Crippen molar-refractivity contribution in [3.8, 4) is 0 Å². The molecule has 0 radical (unpaired) electrons. The van der Waals surface area contributed by atoms with E-state index in [1.165, 1.54) is 32.1 Å². The third kappa shape index (κ3) is 2.25. The quantitative estimate of drug-likeness (QED) is 0.387. The van der Waals surface area contributed by atoms with Gasteiger partial charge in [-0.15, -0.1) is 11.8 Å². The second kappa shape index (κ2) is 6.76. The van der Waals surface area contributed by atoms with Crippen LogP contribution in [-0.4, -0.2) is 0 Å². The van der Waals surface area contributed by atoms with E-state index in [0.717, 1.165) is 0 Å². The SMILES string of the molecule is CCC1c2ccccc2C2(SC23CCCc2ccccc23)c2ccccc2C1CC. The van der Waals surface area contributed by atoms with Gasteiger partial charge in [0.05, 0.1) is 9.49 Å². The Labute approximate surface area is 185 Å². The first kappa shape index (κ1) is 18.8. The fourth-order valence-electron chi connectivity index (χ4n) is 6.92. The number of hydrogen-bond donors (Lipinski definition) is 0. The highest BCUT2D eigenvalue weighted by Gasteiger charge is 2.73. The molecule has 3 unspecified atom stereocenters. The lowest BCUT2D eigenvalue weighted by Gasteiger charge is -2.31. The zero-order valence-electron chi connectivity index (χ0n) is 18.0. The van der Waals surface area contributed by atoms with Crippen molar-refractivity contribution in [2.75, 3.05) is 0 Å². The van der Waals surface area contributed by atoms with Crippen LogP contribution in [0.4, 0.5) is 0 Å². The van der Waals surface area contributed by atoms with E-state index in [2.05, 4.69) is 98.4 Å². The molecular formula is C29H30S. The van der Waals surface area contributed by atoms with Crippen molar-refractivity contribution in [3.05, 3.63) is 106 Å². The standard InChI is InChI=1S/C29H30S/c1-3-21-22(4-2)24-15-7-10-18-27(24)29(26-17-9-6-14-23(21)26)28(30-29)19-11-13-20-12-5-8-16-25(20)28/h5-10,12,14-18,21-22H,3-4,11,13,19H2,1-2H3. The van der Waals surface area contributed by atoms with E-state index in [4.69, 9.17) is 0 Å². The minimum absolute atomic E-state index is 0.0635. The fourth-order valence-corrected chi connectivity index (χ4v) is 8.97. The summed E-state index contributed by atoms with van der Waals surface area (Å²) in [6.07, 6.45) is 6.21. The van der Waals surface area contributed by atoms with E-state index in [-0.39, 0.29) is 9.49 Å². The molecule has 6 rings (SSSR count). The minimum Gasteiger partial charge on any atom is -0.130 e. The van der Waals surface area contributed by atoms with Gasteiger partial charge in [0.1, 0.15) is 0 Å². The number of benzene rings is 3. The first-order valence-corrected chi connectivity index (χ1v) is 12.6. The van der Waals surface area contributed by atoms with Crippen LogP contribution in [0.1, 0.15) is 84.7 Å². The summed E-state index contributed by atoms with van der Waals surface area (Å²) < 4.78 is 0.253. The second-order valence-corrected chi connectivity index (χ2v) is 10.8. The van der Waals surface area contributed by atoms with Gasteiger partial charge in [0, 0.05) is 0 Å². The molecule has 2 aliphatic carbocycles. The van der Waals surface area contributed by atoms with Crippen LogP contribution in [0.5, 0.6) is 0 Å². The molecule has 2 spiro atoms. The topological polar surface area (TPSA) is 0 Å². The summed E-state index contributed by atoms with van der Waals surface area (Å²) in [6.45, 7) is 4.77. The Balaban J connectivity index is 1.69. The predicted octanol–water partition coefficient (Wildman–Crippen LogP) is 7.91. The summed E-state index contributed by atoms with van der Waals surface area (Å²) in [5.41, 5.74) is 9.59. The second-order valence-electron chi connectivity index (χ2n) is 9.32. The fraction of sp³-hybridized carbons (Fsp3) is 0.379. The molecule has 3 aliphatic rings. The van der Waals surface area contributed by atoms with E-state index in [1.807, 2.05) is 0 Å². The molecule has 1 heterocycles. The Hall–Kier alpha value is -1.99. The molecule has 0 amide bonds. The van der Waals surface area contributed by atoms with Gasteiger partial charge >= 0.3 is 0 Å². The van der Waals surface area contributed by atoms with Crippen LogP contribution in [0.25, 0.3) is 0 Å². The molecule has 3 aromatic rings. The van der Waals surface area contributed by atoms with Crippen molar-refractivity contribution in [2.24, 2.45) is 0 Å². The number of hydrogen-bond acceptors (Lipinski definition) is 1. The molecule has 0 nitrogen and oxygen atoms in total. The monoisotopic (exact) mass is 410 g/mol. The summed E-state index contributed by atoms with van der Waals surface area (Å²) in [5, 5.41) is 0. The normalized spacial score (nSPS) is 31.0. The molecule has 3 aromatic carbocycles. The largest absolute Gasteiger partial charge is 0.130 e. The Bertz CT molecular complexity index is 1060. The molecule has 30 heavy (non-hydrogen) atoms. The van der Waals surface area contributed by atoms with E-state index in [9.17, 15) is 0 Å². The van der Waals surface area contributed by atoms with E-state index < -0.39 is 0 Å². The number of rotatable bonds is 2. The lowest BCUT2D eigenvalue weighted by atomic mass is 9.69. The summed E-state index contributed by atoms with van der Waals surface area (Å²) in [4.78, 5) is 0. The lowest BCUT2D eigenvalue weighted by Crippen LogP contribution is -2.28. The first-order valence-electron chi connectivity index (χ1n) is 11.7. The van der Waals surface area contributed by atoms with Gasteiger partial charge in [-0.25, -0.2) is 0 Å². The molecule has 152 valence electrons. The average molecular weight is 411 g/mol. The van der Waals surface area contributed by atoms with Crippen LogP contribution in [0.15, 0.2) is 72.8 Å². The maximum atomic E-state index is 2.46. The van der Waals surface area contributed by atoms with Gasteiger partial charge in [-0.05, 0) is 77.3 Å². The van der Waals surface area contributed by atoms with Gasteiger partial charge in [-0.3, -0.25) is 0 Å². The highest BCUT2D eigenvalue weighted by Crippen LogP contribution is 2.83. The van der Waals surface area contributed by atoms with Crippen LogP contribution in [-0.2, 0) is 15.9 Å². The highest BCUT2D eigenvalue weighted by molar-refractivity contribution is 8.08. The van der Waals surface area contributed by atoms with Gasteiger partial charge in [0.15, 0.2) is 0 Å². The van der Waals surface area contributed by atoms with E-state index >= 15 is 0 Å². The molecule has 3 atom stereocenters. The Morgan fingerprint density at radius 3 is 1.87 bits per heavy atom. The Morgan fingerprint density at radius 1 is 0.733 bits per heavy atom. The molecule has 1 saturated heterocycles. The first-order chi connectivity index (χ1) is 14.8. The smallest absolute Gasteiger partial charge is 0.0860 e. The van der Waals surface area contributed by atoms with Crippen molar-refractivity contribution in [1.29, 1.82) is 0 Å².